The van der Waals surface area contributed by atoms with Crippen molar-refractivity contribution in [2.45, 2.75) is 6.42 Å². The first kappa shape index (κ1) is 19.3. The summed E-state index contributed by atoms with van der Waals surface area (Å²) in [5.41, 5.74) is 5.31. The number of aromatic nitrogens is 3. The Morgan fingerprint density at radius 2 is 1.61 bits per heavy atom. The fourth-order valence-electron chi connectivity index (χ4n) is 3.83. The van der Waals surface area contributed by atoms with Crippen molar-refractivity contribution in [3.05, 3.63) is 108 Å². The van der Waals surface area contributed by atoms with E-state index >= 15 is 0 Å². The summed E-state index contributed by atoms with van der Waals surface area (Å²) in [6.07, 6.45) is 4.65. The number of hydrogen-bond acceptors (Lipinski definition) is 3. The summed E-state index contributed by atoms with van der Waals surface area (Å²) >= 11 is 6.27. The fraction of sp³-hybridized carbons (Fsp3) is 0.0769. The fourth-order valence-corrected chi connectivity index (χ4v) is 4.01. The van der Waals surface area contributed by atoms with Crippen LogP contribution in [0.1, 0.15) is 5.56 Å². The third-order valence-electron chi connectivity index (χ3n) is 5.30. The minimum atomic E-state index is 0.691. The van der Waals surface area contributed by atoms with Crippen LogP contribution in [-0.2, 0) is 6.42 Å². The molecule has 4 nitrogen and oxygen atoms in total. The molecule has 3 aromatic carbocycles. The Morgan fingerprint density at radius 1 is 0.839 bits per heavy atom. The highest BCUT2D eigenvalue weighted by Gasteiger charge is 2.17. The van der Waals surface area contributed by atoms with Crippen molar-refractivity contribution in [2.24, 2.45) is 0 Å². The van der Waals surface area contributed by atoms with Gasteiger partial charge in [-0.25, -0.2) is 9.97 Å². The molecule has 0 saturated carbocycles. The third-order valence-corrected chi connectivity index (χ3v) is 5.54. The maximum atomic E-state index is 6.27. The third kappa shape index (κ3) is 4.03. The lowest BCUT2D eigenvalue weighted by atomic mass is 10.1. The van der Waals surface area contributed by atoms with Gasteiger partial charge in [-0.1, -0.05) is 78.3 Å². The topological polar surface area (TPSA) is 42.7 Å². The number of anilines is 1. The van der Waals surface area contributed by atoms with Gasteiger partial charge in [0.1, 0.15) is 12.1 Å². The average Bonchev–Trinajstić information content (AvgIpc) is 3.21. The highest BCUT2D eigenvalue weighted by molar-refractivity contribution is 6.30. The Labute approximate surface area is 186 Å². The molecule has 0 spiro atoms. The normalized spacial score (nSPS) is 11.0. The number of benzene rings is 3. The Hall–Kier alpha value is -3.63. The number of hydrogen-bond donors (Lipinski definition) is 1. The zero-order valence-corrected chi connectivity index (χ0v) is 17.6. The molecule has 0 aliphatic heterocycles. The largest absolute Gasteiger partial charge is 0.369 e. The van der Waals surface area contributed by atoms with Crippen LogP contribution in [0.4, 0.5) is 5.82 Å². The van der Waals surface area contributed by atoms with Crippen LogP contribution in [0.2, 0.25) is 5.02 Å². The summed E-state index contributed by atoms with van der Waals surface area (Å²) in [5.74, 6) is 0.834. The maximum absolute atomic E-state index is 6.27. The summed E-state index contributed by atoms with van der Waals surface area (Å²) in [6, 6.07) is 28.6. The molecule has 0 amide bonds. The summed E-state index contributed by atoms with van der Waals surface area (Å²) < 4.78 is 2.08. The van der Waals surface area contributed by atoms with Gasteiger partial charge in [0.2, 0.25) is 0 Å². The lowest BCUT2D eigenvalue weighted by Crippen LogP contribution is -2.07. The Bertz CT molecular complexity index is 1310. The van der Waals surface area contributed by atoms with Gasteiger partial charge in [-0.2, -0.15) is 0 Å². The molecule has 2 heterocycles. The summed E-state index contributed by atoms with van der Waals surface area (Å²) in [6.45, 7) is 0.784. The molecule has 2 aromatic heterocycles. The van der Waals surface area contributed by atoms with E-state index in [-0.39, 0.29) is 0 Å². The van der Waals surface area contributed by atoms with Gasteiger partial charge in [0.15, 0.2) is 5.65 Å². The standard InChI is InChI=1S/C26H21ClN4/c27-21-12-7-13-22(16-21)31-17-23(20-10-5-2-6-11-20)24-25(29-18-30-26(24)31)28-15-14-19-8-3-1-4-9-19/h1-13,16-18H,14-15H2,(H,28,29,30). The lowest BCUT2D eigenvalue weighted by molar-refractivity contribution is 1.00. The van der Waals surface area contributed by atoms with Crippen molar-refractivity contribution in [2.75, 3.05) is 11.9 Å². The van der Waals surface area contributed by atoms with Crippen molar-refractivity contribution in [3.8, 4) is 16.8 Å². The molecule has 5 aromatic rings. The van der Waals surface area contributed by atoms with E-state index in [9.17, 15) is 0 Å². The number of nitrogens with one attached hydrogen (secondary N) is 1. The van der Waals surface area contributed by atoms with Crippen molar-refractivity contribution in [1.82, 2.24) is 14.5 Å². The van der Waals surface area contributed by atoms with Crippen LogP contribution in [0, 0.1) is 0 Å². The monoisotopic (exact) mass is 424 g/mol. The first-order valence-electron chi connectivity index (χ1n) is 10.2. The molecule has 152 valence electrons. The maximum Gasteiger partial charge on any atom is 0.150 e. The van der Waals surface area contributed by atoms with Crippen LogP contribution < -0.4 is 5.32 Å². The van der Waals surface area contributed by atoms with Gasteiger partial charge in [0, 0.05) is 29.0 Å². The molecule has 0 atom stereocenters. The van der Waals surface area contributed by atoms with E-state index in [1.807, 2.05) is 48.5 Å². The van der Waals surface area contributed by atoms with Gasteiger partial charge in [-0.3, -0.25) is 0 Å². The molecule has 0 unspecified atom stereocenters. The van der Waals surface area contributed by atoms with Gasteiger partial charge < -0.3 is 9.88 Å². The van der Waals surface area contributed by atoms with Gasteiger partial charge in [0.05, 0.1) is 5.39 Å². The highest BCUT2D eigenvalue weighted by Crippen LogP contribution is 2.35. The van der Waals surface area contributed by atoms with E-state index in [0.717, 1.165) is 46.6 Å². The molecule has 1 N–H and O–H groups in total. The molecular weight excluding hydrogens is 404 g/mol. The van der Waals surface area contributed by atoms with Crippen molar-refractivity contribution in [3.63, 3.8) is 0 Å². The first-order valence-corrected chi connectivity index (χ1v) is 10.6. The predicted molar refractivity (Wildman–Crippen MR) is 128 cm³/mol. The molecule has 0 aliphatic carbocycles. The SMILES string of the molecule is Clc1cccc(-n2cc(-c3ccccc3)c3c(NCCc4ccccc4)ncnc32)c1. The van der Waals surface area contributed by atoms with Crippen LogP contribution in [0.25, 0.3) is 27.8 Å². The number of rotatable bonds is 6. The van der Waals surface area contributed by atoms with Crippen LogP contribution in [0.15, 0.2) is 97.5 Å². The van der Waals surface area contributed by atoms with Gasteiger partial charge in [0.25, 0.3) is 0 Å². The number of fused-ring (bicyclic) bond motifs is 1. The van der Waals surface area contributed by atoms with E-state index in [2.05, 4.69) is 62.4 Å². The summed E-state index contributed by atoms with van der Waals surface area (Å²) in [4.78, 5) is 9.22. The Kier molecular flexibility index (Phi) is 5.38. The van der Waals surface area contributed by atoms with Gasteiger partial charge in [-0.15, -0.1) is 0 Å². The summed E-state index contributed by atoms with van der Waals surface area (Å²) in [7, 11) is 0. The second-order valence-corrected chi connectivity index (χ2v) is 7.78. The van der Waals surface area contributed by atoms with E-state index in [1.54, 1.807) is 6.33 Å². The van der Waals surface area contributed by atoms with Crippen molar-refractivity contribution < 1.29 is 0 Å². The minimum absolute atomic E-state index is 0.691. The minimum Gasteiger partial charge on any atom is -0.369 e. The number of halogens is 1. The molecule has 0 radical (unpaired) electrons. The molecule has 5 rings (SSSR count). The summed E-state index contributed by atoms with van der Waals surface area (Å²) in [5, 5.41) is 5.22. The average molecular weight is 425 g/mol. The first-order chi connectivity index (χ1) is 15.3. The van der Waals surface area contributed by atoms with E-state index in [4.69, 9.17) is 11.6 Å². The van der Waals surface area contributed by atoms with Crippen LogP contribution in [0.5, 0.6) is 0 Å². The molecule has 0 fully saturated rings. The van der Waals surface area contributed by atoms with E-state index in [0.29, 0.717) is 5.02 Å². The number of nitrogens with zero attached hydrogens (tertiary/aromatic N) is 3. The van der Waals surface area contributed by atoms with Gasteiger partial charge >= 0.3 is 0 Å². The second-order valence-electron chi connectivity index (χ2n) is 7.34. The molecule has 0 bridgehead atoms. The van der Waals surface area contributed by atoms with Crippen LogP contribution in [0.3, 0.4) is 0 Å². The van der Waals surface area contributed by atoms with Crippen molar-refractivity contribution in [1.29, 1.82) is 0 Å². The molecule has 0 aliphatic rings. The zero-order valence-electron chi connectivity index (χ0n) is 16.9. The molecule has 31 heavy (non-hydrogen) atoms. The lowest BCUT2D eigenvalue weighted by Gasteiger charge is -2.09. The molecular formula is C26H21ClN4. The Morgan fingerprint density at radius 3 is 2.39 bits per heavy atom. The quantitative estimate of drug-likeness (QED) is 0.343. The van der Waals surface area contributed by atoms with Gasteiger partial charge in [-0.05, 0) is 35.7 Å². The highest BCUT2D eigenvalue weighted by atomic mass is 35.5. The van der Waals surface area contributed by atoms with Crippen molar-refractivity contribution >= 4 is 28.5 Å². The Balaban J connectivity index is 1.59. The molecule has 0 saturated heterocycles. The van der Waals surface area contributed by atoms with Crippen LogP contribution >= 0.6 is 11.6 Å². The smallest absolute Gasteiger partial charge is 0.150 e. The second kappa shape index (κ2) is 8.62. The van der Waals surface area contributed by atoms with Crippen LogP contribution in [-0.4, -0.2) is 21.1 Å². The predicted octanol–water partition coefficient (Wildman–Crippen LogP) is 6.40. The van der Waals surface area contributed by atoms with E-state index < -0.39 is 0 Å². The molecule has 5 heteroatoms. The zero-order chi connectivity index (χ0) is 21.0. The van der Waals surface area contributed by atoms with E-state index in [1.165, 1.54) is 5.56 Å².